The Hall–Kier alpha value is -1.15. The third kappa shape index (κ3) is 2.77. The molecule has 3 N–H and O–H groups in total. The van der Waals surface area contributed by atoms with Gasteiger partial charge in [-0.1, -0.05) is 13.0 Å². The van der Waals surface area contributed by atoms with Gasteiger partial charge in [-0.05, 0) is 72.1 Å². The van der Waals surface area contributed by atoms with Crippen molar-refractivity contribution in [3.63, 3.8) is 0 Å². The van der Waals surface area contributed by atoms with E-state index in [-0.39, 0.29) is 17.1 Å². The van der Waals surface area contributed by atoms with Gasteiger partial charge in [-0.2, -0.15) is 8.42 Å². The first-order valence-corrected chi connectivity index (χ1v) is 10.2. The van der Waals surface area contributed by atoms with E-state index in [9.17, 15) is 18.6 Å². The molecule has 0 spiro atoms. The molecular formula is C18H24O6S. The maximum absolute atomic E-state index is 10.9. The first-order valence-electron chi connectivity index (χ1n) is 8.85. The molecule has 0 aromatic heterocycles. The molecule has 0 bridgehead atoms. The lowest BCUT2D eigenvalue weighted by molar-refractivity contribution is -0.0440. The van der Waals surface area contributed by atoms with Gasteiger partial charge in [0.05, 0.1) is 12.2 Å². The van der Waals surface area contributed by atoms with Crippen LogP contribution in [0, 0.1) is 17.3 Å². The minimum absolute atomic E-state index is 0.100. The van der Waals surface area contributed by atoms with Crippen molar-refractivity contribution in [3.8, 4) is 5.75 Å². The van der Waals surface area contributed by atoms with Crippen molar-refractivity contribution in [1.29, 1.82) is 0 Å². The smallest absolute Gasteiger partial charge is 0.393 e. The first kappa shape index (κ1) is 17.3. The molecule has 1 aromatic rings. The van der Waals surface area contributed by atoms with Crippen LogP contribution in [0.1, 0.15) is 49.7 Å². The zero-order valence-electron chi connectivity index (χ0n) is 14.1. The van der Waals surface area contributed by atoms with Crippen LogP contribution in [-0.2, 0) is 16.8 Å². The van der Waals surface area contributed by atoms with Crippen molar-refractivity contribution in [1.82, 2.24) is 0 Å². The number of benzene rings is 1. The summed E-state index contributed by atoms with van der Waals surface area (Å²) in [5, 5.41) is 21.0. The van der Waals surface area contributed by atoms with Crippen LogP contribution in [0.5, 0.6) is 5.75 Å². The number of aryl methyl sites for hydroxylation is 1. The molecule has 6 nitrogen and oxygen atoms in total. The van der Waals surface area contributed by atoms with Gasteiger partial charge in [0.25, 0.3) is 0 Å². The molecule has 2 saturated carbocycles. The van der Waals surface area contributed by atoms with Crippen LogP contribution in [0.15, 0.2) is 18.2 Å². The Morgan fingerprint density at radius 3 is 2.72 bits per heavy atom. The molecule has 0 aliphatic heterocycles. The molecule has 2 fully saturated rings. The van der Waals surface area contributed by atoms with E-state index in [1.54, 1.807) is 12.1 Å². The molecule has 3 aliphatic carbocycles. The van der Waals surface area contributed by atoms with E-state index < -0.39 is 22.6 Å². The summed E-state index contributed by atoms with van der Waals surface area (Å²) in [6, 6.07) is 5.14. The topological polar surface area (TPSA) is 104 Å². The standard InChI is InChI=1S/C18H24O6S/c1-18-7-6-13-12-5-3-11(24-25(21,22)23)8-10(12)2-4-14(13)17(18)15(19)9-16(18)20/h3,5,8,13-17,19-20H,2,4,6-7,9H2,1H3,(H,21,22,23)/t13-,14-,15+,16+,17-,18-/m1/s1. The van der Waals surface area contributed by atoms with Crippen LogP contribution in [0.3, 0.4) is 0 Å². The van der Waals surface area contributed by atoms with Gasteiger partial charge in [0.2, 0.25) is 0 Å². The second-order valence-electron chi connectivity index (χ2n) is 8.07. The Kier molecular flexibility index (Phi) is 3.92. The number of aliphatic hydroxyl groups excluding tert-OH is 2. The molecule has 0 amide bonds. The van der Waals surface area contributed by atoms with E-state index in [1.807, 2.05) is 6.07 Å². The summed E-state index contributed by atoms with van der Waals surface area (Å²) in [4.78, 5) is 0. The van der Waals surface area contributed by atoms with Crippen LogP contribution >= 0.6 is 0 Å². The van der Waals surface area contributed by atoms with E-state index in [0.717, 1.165) is 31.2 Å². The van der Waals surface area contributed by atoms with E-state index in [0.29, 0.717) is 18.3 Å². The van der Waals surface area contributed by atoms with Gasteiger partial charge in [-0.3, -0.25) is 4.55 Å². The lowest BCUT2D eigenvalue weighted by atomic mass is 9.55. The molecule has 0 saturated heterocycles. The quantitative estimate of drug-likeness (QED) is 0.690. The van der Waals surface area contributed by atoms with Crippen LogP contribution in [0.25, 0.3) is 0 Å². The molecule has 6 atom stereocenters. The minimum atomic E-state index is -4.52. The van der Waals surface area contributed by atoms with Crippen molar-refractivity contribution < 1.29 is 27.4 Å². The number of rotatable bonds is 2. The summed E-state index contributed by atoms with van der Waals surface area (Å²) in [5.41, 5.74) is 2.00. The Labute approximate surface area is 147 Å². The summed E-state index contributed by atoms with van der Waals surface area (Å²) in [6.07, 6.45) is 3.05. The Bertz CT molecular complexity index is 791. The summed E-state index contributed by atoms with van der Waals surface area (Å²) in [6.45, 7) is 2.10. The molecule has 7 heteroatoms. The SMILES string of the molecule is C[C@]12CC[C@@H]3c4ccc(OS(=O)(=O)O)cc4CC[C@H]3[C@@H]1[C@@H](O)C[C@@H]2O. The van der Waals surface area contributed by atoms with Gasteiger partial charge in [0.15, 0.2) is 0 Å². The van der Waals surface area contributed by atoms with E-state index in [2.05, 4.69) is 11.1 Å². The van der Waals surface area contributed by atoms with Crippen molar-refractivity contribution in [2.24, 2.45) is 17.3 Å². The third-order valence-electron chi connectivity index (χ3n) is 6.84. The van der Waals surface area contributed by atoms with E-state index in [4.69, 9.17) is 4.55 Å². The zero-order valence-corrected chi connectivity index (χ0v) is 14.9. The second kappa shape index (κ2) is 5.67. The highest BCUT2D eigenvalue weighted by Gasteiger charge is 2.58. The first-order chi connectivity index (χ1) is 11.7. The van der Waals surface area contributed by atoms with Crippen molar-refractivity contribution in [2.45, 2.75) is 57.2 Å². The predicted octanol–water partition coefficient (Wildman–Crippen LogP) is 2.06. The van der Waals surface area contributed by atoms with Crippen LogP contribution in [0.4, 0.5) is 0 Å². The Morgan fingerprint density at radius 2 is 2.00 bits per heavy atom. The Morgan fingerprint density at radius 1 is 1.24 bits per heavy atom. The third-order valence-corrected chi connectivity index (χ3v) is 7.24. The fourth-order valence-electron chi connectivity index (χ4n) is 5.77. The molecule has 138 valence electrons. The lowest BCUT2D eigenvalue weighted by Crippen LogP contribution is -2.46. The van der Waals surface area contributed by atoms with Crippen LogP contribution in [-0.4, -0.2) is 35.4 Å². The highest BCUT2D eigenvalue weighted by molar-refractivity contribution is 7.81. The average Bonchev–Trinajstić information content (AvgIpc) is 2.75. The van der Waals surface area contributed by atoms with Crippen molar-refractivity contribution >= 4 is 10.4 Å². The molecule has 0 unspecified atom stereocenters. The van der Waals surface area contributed by atoms with E-state index in [1.165, 1.54) is 5.56 Å². The maximum atomic E-state index is 10.9. The van der Waals surface area contributed by atoms with Crippen LogP contribution in [0.2, 0.25) is 0 Å². The molecule has 3 aliphatic rings. The molecule has 1 aromatic carbocycles. The fraction of sp³-hybridized carbons (Fsp3) is 0.667. The lowest BCUT2D eigenvalue weighted by Gasteiger charge is -2.50. The monoisotopic (exact) mass is 368 g/mol. The van der Waals surface area contributed by atoms with E-state index >= 15 is 0 Å². The van der Waals surface area contributed by atoms with Gasteiger partial charge >= 0.3 is 10.4 Å². The van der Waals surface area contributed by atoms with Crippen LogP contribution < -0.4 is 4.18 Å². The molecule has 0 radical (unpaired) electrons. The minimum Gasteiger partial charge on any atom is -0.393 e. The maximum Gasteiger partial charge on any atom is 0.446 e. The van der Waals surface area contributed by atoms with Crippen molar-refractivity contribution in [3.05, 3.63) is 29.3 Å². The van der Waals surface area contributed by atoms with Crippen molar-refractivity contribution in [2.75, 3.05) is 0 Å². The number of hydrogen-bond donors (Lipinski definition) is 3. The fourth-order valence-corrected chi connectivity index (χ4v) is 6.11. The highest BCUT2D eigenvalue weighted by atomic mass is 32.3. The van der Waals surface area contributed by atoms with Gasteiger partial charge < -0.3 is 14.4 Å². The summed E-state index contributed by atoms with van der Waals surface area (Å²) >= 11 is 0. The highest BCUT2D eigenvalue weighted by Crippen LogP contribution is 2.60. The Balaban J connectivity index is 1.66. The molecule has 0 heterocycles. The van der Waals surface area contributed by atoms with Gasteiger partial charge in [-0.15, -0.1) is 0 Å². The normalized spacial score (nSPS) is 40.1. The van der Waals surface area contributed by atoms with Gasteiger partial charge in [-0.25, -0.2) is 0 Å². The number of aliphatic hydroxyl groups is 2. The summed E-state index contributed by atoms with van der Waals surface area (Å²) < 4.78 is 35.2. The predicted molar refractivity (Wildman–Crippen MR) is 90.6 cm³/mol. The average molecular weight is 368 g/mol. The summed E-state index contributed by atoms with van der Waals surface area (Å²) in [7, 11) is -4.52. The molecule has 4 rings (SSSR count). The largest absolute Gasteiger partial charge is 0.446 e. The summed E-state index contributed by atoms with van der Waals surface area (Å²) in [5.74, 6) is 0.855. The molecule has 25 heavy (non-hydrogen) atoms. The number of hydrogen-bond acceptors (Lipinski definition) is 5. The van der Waals surface area contributed by atoms with Gasteiger partial charge in [0.1, 0.15) is 5.75 Å². The second-order valence-corrected chi connectivity index (χ2v) is 9.09. The number of fused-ring (bicyclic) bond motifs is 5. The van der Waals surface area contributed by atoms with Gasteiger partial charge in [0, 0.05) is 6.42 Å². The molecular weight excluding hydrogens is 344 g/mol. The zero-order chi connectivity index (χ0) is 18.0.